The molecule has 0 heterocycles. The Morgan fingerprint density at radius 2 is 1.67 bits per heavy atom. The highest BCUT2D eigenvalue weighted by Gasteiger charge is 2.21. The van der Waals surface area contributed by atoms with Crippen molar-refractivity contribution in [1.82, 2.24) is 10.6 Å². The lowest BCUT2D eigenvalue weighted by Crippen LogP contribution is -2.42. The molecule has 0 saturated heterocycles. The van der Waals surface area contributed by atoms with Crippen molar-refractivity contribution in [2.24, 2.45) is 0 Å². The monoisotopic (exact) mass is 509 g/mol. The molecule has 1 saturated carbocycles. The number of anilines is 1. The van der Waals surface area contributed by atoms with E-state index in [0.29, 0.717) is 17.9 Å². The minimum absolute atomic E-state index is 0.0239. The van der Waals surface area contributed by atoms with Gasteiger partial charge in [-0.2, -0.15) is 0 Å². The number of hydrogen-bond donors (Lipinski definition) is 2. The lowest BCUT2D eigenvalue weighted by molar-refractivity contribution is -0.145. The molecule has 0 radical (unpaired) electrons. The molecule has 0 spiro atoms. The van der Waals surface area contributed by atoms with Gasteiger partial charge in [0.2, 0.25) is 5.91 Å². The second kappa shape index (κ2) is 14.3. The molecule has 0 atom stereocenters. The molecule has 3 rings (SSSR count). The average Bonchev–Trinajstić information content (AvgIpc) is 2.90. The summed E-state index contributed by atoms with van der Waals surface area (Å²) >= 11 is 5.40. The first-order valence-electron chi connectivity index (χ1n) is 12.6. The molecule has 0 aliphatic heterocycles. The van der Waals surface area contributed by atoms with Crippen LogP contribution in [0, 0.1) is 0 Å². The normalized spacial score (nSPS) is 13.5. The van der Waals surface area contributed by atoms with E-state index in [1.165, 1.54) is 12.0 Å². The molecule has 2 amide bonds. The highest BCUT2D eigenvalue weighted by Crippen LogP contribution is 2.22. The smallest absolute Gasteiger partial charge is 0.306 e. The van der Waals surface area contributed by atoms with E-state index in [1.807, 2.05) is 36.4 Å². The second-order valence-electron chi connectivity index (χ2n) is 9.05. The number of thiocarbonyl (C=S) groups is 1. The van der Waals surface area contributed by atoms with Crippen LogP contribution >= 0.6 is 12.2 Å². The first-order chi connectivity index (χ1) is 17.4. The van der Waals surface area contributed by atoms with Gasteiger partial charge in [-0.1, -0.05) is 61.7 Å². The van der Waals surface area contributed by atoms with Gasteiger partial charge in [0.15, 0.2) is 5.11 Å². The zero-order valence-corrected chi connectivity index (χ0v) is 21.6. The molecule has 192 valence electrons. The highest BCUT2D eigenvalue weighted by molar-refractivity contribution is 7.80. The Morgan fingerprint density at radius 1 is 0.972 bits per heavy atom. The summed E-state index contributed by atoms with van der Waals surface area (Å²) in [6, 6.07) is 17.4. The van der Waals surface area contributed by atoms with Crippen molar-refractivity contribution in [3.05, 3.63) is 65.7 Å². The van der Waals surface area contributed by atoms with Gasteiger partial charge in [-0.25, -0.2) is 0 Å². The van der Waals surface area contributed by atoms with E-state index in [1.54, 1.807) is 30.1 Å². The fourth-order valence-corrected chi connectivity index (χ4v) is 4.45. The summed E-state index contributed by atoms with van der Waals surface area (Å²) in [5.74, 6) is -0.937. The molecule has 2 aromatic carbocycles. The number of carbonyl (C=O) groups excluding carboxylic acids is 3. The first-order valence-corrected chi connectivity index (χ1v) is 13.0. The van der Waals surface area contributed by atoms with Crippen LogP contribution in [-0.2, 0) is 20.7 Å². The number of amides is 2. The summed E-state index contributed by atoms with van der Waals surface area (Å²) < 4.78 is 5.23. The predicted molar refractivity (Wildman–Crippen MR) is 145 cm³/mol. The van der Waals surface area contributed by atoms with Crippen LogP contribution in [0.25, 0.3) is 0 Å². The van der Waals surface area contributed by atoms with Crippen molar-refractivity contribution in [2.75, 3.05) is 18.6 Å². The van der Waals surface area contributed by atoms with E-state index in [4.69, 9.17) is 17.0 Å². The molecule has 0 unspecified atom stereocenters. The van der Waals surface area contributed by atoms with E-state index in [9.17, 15) is 14.4 Å². The summed E-state index contributed by atoms with van der Waals surface area (Å²) in [6.45, 7) is 0.316. The zero-order chi connectivity index (χ0) is 25.8. The van der Waals surface area contributed by atoms with E-state index >= 15 is 0 Å². The molecule has 36 heavy (non-hydrogen) atoms. The third kappa shape index (κ3) is 8.75. The number of hydrogen-bond acceptors (Lipinski definition) is 5. The maximum absolute atomic E-state index is 12.9. The summed E-state index contributed by atoms with van der Waals surface area (Å²) in [7, 11) is 1.70. The maximum Gasteiger partial charge on any atom is 0.306 e. The van der Waals surface area contributed by atoms with Gasteiger partial charge in [0, 0.05) is 19.5 Å². The van der Waals surface area contributed by atoms with Crippen molar-refractivity contribution in [3.8, 4) is 0 Å². The quantitative estimate of drug-likeness (QED) is 0.278. The Balaban J connectivity index is 1.42. The molecule has 1 fully saturated rings. The summed E-state index contributed by atoms with van der Waals surface area (Å²) in [4.78, 5) is 38.9. The molecule has 2 N–H and O–H groups in total. The third-order valence-electron chi connectivity index (χ3n) is 6.27. The van der Waals surface area contributed by atoms with Crippen molar-refractivity contribution in [1.29, 1.82) is 0 Å². The number of rotatable bonds is 10. The number of nitrogens with zero attached hydrogens (tertiary/aromatic N) is 1. The van der Waals surface area contributed by atoms with Crippen molar-refractivity contribution >= 4 is 40.8 Å². The Hall–Kier alpha value is -3.26. The second-order valence-corrected chi connectivity index (χ2v) is 9.43. The molecule has 1 aliphatic carbocycles. The largest absolute Gasteiger partial charge is 0.466 e. The third-order valence-corrected chi connectivity index (χ3v) is 6.65. The molecule has 0 aromatic heterocycles. The topological polar surface area (TPSA) is 87.7 Å². The molecule has 7 nitrogen and oxygen atoms in total. The molecule has 8 heteroatoms. The van der Waals surface area contributed by atoms with Crippen molar-refractivity contribution in [3.63, 3.8) is 0 Å². The van der Waals surface area contributed by atoms with E-state index in [-0.39, 0.29) is 35.8 Å². The van der Waals surface area contributed by atoms with Gasteiger partial charge in [-0.3, -0.25) is 14.4 Å². The number of nitrogens with one attached hydrogen (secondary N) is 2. The summed E-state index contributed by atoms with van der Waals surface area (Å²) in [6.07, 6.45) is 6.96. The van der Waals surface area contributed by atoms with Crippen LogP contribution in [0.4, 0.5) is 5.69 Å². The standard InChI is InChI=1S/C28H35N3O4S/c1-31(24-17-9-8-16-23(24)27(34)29-22-14-6-3-7-15-22)28(36)30-25(32)18-19-26(33)35-20-10-13-21-11-4-2-5-12-21/h2,4-5,8-9,11-12,16-17,22H,3,6-7,10,13-15,18-20H2,1H3,(H,29,34)(H,30,32,36). The molecular weight excluding hydrogens is 474 g/mol. The molecule has 2 aromatic rings. The maximum atomic E-state index is 12.9. The Kier molecular flexibility index (Phi) is 10.9. The van der Waals surface area contributed by atoms with Gasteiger partial charge in [-0.05, 0) is 55.6 Å². The average molecular weight is 510 g/mol. The highest BCUT2D eigenvalue weighted by atomic mass is 32.1. The Bertz CT molecular complexity index is 1040. The molecule has 1 aliphatic rings. The van der Waals surface area contributed by atoms with Crippen LogP contribution in [0.3, 0.4) is 0 Å². The van der Waals surface area contributed by atoms with Crippen molar-refractivity contribution < 1.29 is 19.1 Å². The number of esters is 1. The first kappa shape index (κ1) is 27.3. The van der Waals surface area contributed by atoms with Crippen LogP contribution < -0.4 is 15.5 Å². The zero-order valence-electron chi connectivity index (χ0n) is 20.8. The van der Waals surface area contributed by atoms with Gasteiger partial charge in [0.1, 0.15) is 0 Å². The number of carbonyl (C=O) groups is 3. The van der Waals surface area contributed by atoms with E-state index < -0.39 is 5.97 Å². The van der Waals surface area contributed by atoms with Crippen molar-refractivity contribution in [2.45, 2.75) is 63.8 Å². The summed E-state index contributed by atoms with van der Waals surface area (Å²) in [5, 5.41) is 5.94. The number of para-hydroxylation sites is 1. The van der Waals surface area contributed by atoms with E-state index in [2.05, 4.69) is 10.6 Å². The van der Waals surface area contributed by atoms with Crippen LogP contribution in [0.1, 0.15) is 67.3 Å². The summed E-state index contributed by atoms with van der Waals surface area (Å²) in [5.41, 5.74) is 2.30. The van der Waals surface area contributed by atoms with E-state index in [0.717, 1.165) is 38.5 Å². The molecular formula is C28H35N3O4S. The number of ether oxygens (including phenoxy) is 1. The Morgan fingerprint density at radius 3 is 2.42 bits per heavy atom. The Labute approximate surface area is 218 Å². The van der Waals surface area contributed by atoms with Gasteiger partial charge in [0.05, 0.1) is 24.3 Å². The minimum Gasteiger partial charge on any atom is -0.466 e. The van der Waals surface area contributed by atoms with Crippen LogP contribution in [0.2, 0.25) is 0 Å². The lowest BCUT2D eigenvalue weighted by atomic mass is 9.95. The van der Waals surface area contributed by atoms with Crippen LogP contribution in [0.15, 0.2) is 54.6 Å². The fourth-order valence-electron chi connectivity index (χ4n) is 4.24. The predicted octanol–water partition coefficient (Wildman–Crippen LogP) is 4.54. The van der Waals surface area contributed by atoms with Gasteiger partial charge in [-0.15, -0.1) is 0 Å². The van der Waals surface area contributed by atoms with Gasteiger partial charge < -0.3 is 20.3 Å². The number of aryl methyl sites for hydroxylation is 1. The minimum atomic E-state index is -0.415. The fraction of sp³-hybridized carbons (Fsp3) is 0.429. The SMILES string of the molecule is CN(C(=S)NC(=O)CCC(=O)OCCCc1ccccc1)c1ccccc1C(=O)NC1CCCCC1. The van der Waals surface area contributed by atoms with Crippen LogP contribution in [-0.4, -0.2) is 42.6 Å². The molecule has 0 bridgehead atoms. The lowest BCUT2D eigenvalue weighted by Gasteiger charge is -2.26. The van der Waals surface area contributed by atoms with Gasteiger partial charge in [0.25, 0.3) is 5.91 Å². The van der Waals surface area contributed by atoms with Gasteiger partial charge >= 0.3 is 5.97 Å². The number of benzene rings is 2. The van der Waals surface area contributed by atoms with Crippen LogP contribution in [0.5, 0.6) is 0 Å².